The predicted molar refractivity (Wildman–Crippen MR) is 286 cm³/mol. The van der Waals surface area contributed by atoms with Gasteiger partial charge >= 0.3 is 0 Å². The van der Waals surface area contributed by atoms with Crippen LogP contribution in [0.4, 0.5) is 0 Å². The molecule has 0 bridgehead atoms. The van der Waals surface area contributed by atoms with Crippen LogP contribution in [0, 0.1) is 0 Å². The molecule has 4 heterocycles. The summed E-state index contributed by atoms with van der Waals surface area (Å²) in [6.45, 7) is 39.1. The van der Waals surface area contributed by atoms with Crippen LogP contribution in [0.15, 0.2) is 35.0 Å². The van der Waals surface area contributed by atoms with Crippen LogP contribution >= 0.6 is 45.3 Å². The number of ether oxygens (including phenoxy) is 8. The zero-order chi connectivity index (χ0) is 46.0. The Morgan fingerprint density at radius 3 is 0.919 bits per heavy atom. The second-order valence-corrected chi connectivity index (χ2v) is 70.6. The van der Waals surface area contributed by atoms with Gasteiger partial charge in [0.05, 0.1) is 125 Å². The molecule has 4 rings (SSSR count). The molecule has 0 unspecified atom stereocenters. The molecule has 0 radical (unpaired) electrons. The molecule has 0 fully saturated rings. The second-order valence-electron chi connectivity index (χ2n) is 19.4. The maximum Gasteiger partial charge on any atom is 0.0932 e. The van der Waals surface area contributed by atoms with E-state index < -0.39 is 45.5 Å². The molecule has 4 aromatic rings. The SMILES string of the molecule is COCCOCc1ccsc1[Si](C)(C)[Si](C)(C)c1sc([Si](C)(C)[Si](C)(C)c2cc(COCCOC)c([Si](C)(C)[Si](C)(C)c3sccc3COCCOC)s2)cc1COCCOC. The van der Waals surface area contributed by atoms with Gasteiger partial charge in [0.2, 0.25) is 0 Å². The Morgan fingerprint density at radius 1 is 0.355 bits per heavy atom. The van der Waals surface area contributed by atoms with E-state index in [1.807, 2.05) is 22.7 Å². The van der Waals surface area contributed by atoms with Crippen LogP contribution in [0.5, 0.6) is 0 Å². The summed E-state index contributed by atoms with van der Waals surface area (Å²) in [5, 5.41) is 4.56. The highest BCUT2D eigenvalue weighted by Gasteiger charge is 2.53. The number of hydrogen-bond donors (Lipinski definition) is 0. The number of thiophene rings is 4. The first-order valence-corrected chi connectivity index (χ1v) is 46.2. The molecule has 0 atom stereocenters. The molecule has 350 valence electrons. The lowest BCUT2D eigenvalue weighted by atomic mass is 10.4. The van der Waals surface area contributed by atoms with Gasteiger partial charge in [0.15, 0.2) is 0 Å². The maximum absolute atomic E-state index is 6.40. The highest BCUT2D eigenvalue weighted by molar-refractivity contribution is 7.65. The van der Waals surface area contributed by atoms with Crippen LogP contribution < -0.4 is 27.0 Å². The number of hydrogen-bond acceptors (Lipinski definition) is 12. The molecule has 0 amide bonds. The largest absolute Gasteiger partial charge is 0.382 e. The van der Waals surface area contributed by atoms with Crippen LogP contribution in [0.3, 0.4) is 0 Å². The van der Waals surface area contributed by atoms with Crippen molar-refractivity contribution >= 4 is 118 Å². The van der Waals surface area contributed by atoms with Crippen molar-refractivity contribution in [2.24, 2.45) is 0 Å². The van der Waals surface area contributed by atoms with Crippen molar-refractivity contribution in [2.45, 2.75) is 105 Å². The van der Waals surface area contributed by atoms with E-state index in [4.69, 9.17) is 37.9 Å². The van der Waals surface area contributed by atoms with Gasteiger partial charge in [-0.1, -0.05) is 78.6 Å². The number of rotatable bonds is 29. The molecule has 0 spiro atoms. The molecular formula is C44H78O8S4Si6. The lowest BCUT2D eigenvalue weighted by molar-refractivity contribution is 0.0621. The van der Waals surface area contributed by atoms with E-state index in [1.165, 1.54) is 22.3 Å². The van der Waals surface area contributed by atoms with Crippen molar-refractivity contribution in [3.05, 3.63) is 57.3 Å². The Hall–Kier alpha value is -0.219. The second kappa shape index (κ2) is 23.7. The topological polar surface area (TPSA) is 73.8 Å². The third-order valence-electron chi connectivity index (χ3n) is 14.1. The average Bonchev–Trinajstić information content (AvgIpc) is 4.05. The van der Waals surface area contributed by atoms with Gasteiger partial charge < -0.3 is 37.9 Å². The molecule has 8 nitrogen and oxygen atoms in total. The first kappa shape index (κ1) is 54.4. The Balaban J connectivity index is 1.80. The van der Waals surface area contributed by atoms with Crippen molar-refractivity contribution in [1.29, 1.82) is 0 Å². The van der Waals surface area contributed by atoms with Gasteiger partial charge in [-0.2, -0.15) is 45.3 Å². The summed E-state index contributed by atoms with van der Waals surface area (Å²) in [6.07, 6.45) is 0. The van der Waals surface area contributed by atoms with Crippen LogP contribution in [0.2, 0.25) is 78.6 Å². The summed E-state index contributed by atoms with van der Waals surface area (Å²) in [7, 11) is -5.18. The molecule has 0 saturated carbocycles. The summed E-state index contributed by atoms with van der Waals surface area (Å²) < 4.78 is 56.1. The zero-order valence-corrected chi connectivity index (χ0v) is 50.1. The van der Waals surface area contributed by atoms with Crippen molar-refractivity contribution in [3.8, 4) is 0 Å². The lowest BCUT2D eigenvalue weighted by Crippen LogP contribution is -2.70. The molecule has 0 aliphatic rings. The van der Waals surface area contributed by atoms with Crippen LogP contribution in [-0.2, 0) is 64.3 Å². The monoisotopic (exact) mass is 1030 g/mol. The molecule has 0 N–H and O–H groups in total. The van der Waals surface area contributed by atoms with Crippen molar-refractivity contribution in [2.75, 3.05) is 81.3 Å². The fourth-order valence-electron chi connectivity index (χ4n) is 7.79. The minimum absolute atomic E-state index is 0.596. The molecule has 0 saturated heterocycles. The van der Waals surface area contributed by atoms with E-state index in [9.17, 15) is 0 Å². The molecule has 0 aromatic carbocycles. The number of methoxy groups -OCH3 is 4. The van der Waals surface area contributed by atoms with E-state index in [0.29, 0.717) is 79.3 Å². The van der Waals surface area contributed by atoms with Gasteiger partial charge in [-0.25, -0.2) is 0 Å². The lowest BCUT2D eigenvalue weighted by Gasteiger charge is -2.39. The van der Waals surface area contributed by atoms with Gasteiger partial charge in [0.1, 0.15) is 0 Å². The van der Waals surface area contributed by atoms with E-state index in [2.05, 4.69) is 136 Å². The van der Waals surface area contributed by atoms with Crippen molar-refractivity contribution in [3.63, 3.8) is 0 Å². The highest BCUT2D eigenvalue weighted by Crippen LogP contribution is 2.32. The molecular weight excluding hydrogens is 953 g/mol. The first-order valence-electron chi connectivity index (χ1n) is 21.9. The Bertz CT molecular complexity index is 1830. The summed E-state index contributed by atoms with van der Waals surface area (Å²) in [4.78, 5) is 0. The van der Waals surface area contributed by atoms with Crippen molar-refractivity contribution < 1.29 is 37.9 Å². The smallest absolute Gasteiger partial charge is 0.0932 e. The third kappa shape index (κ3) is 12.1. The molecule has 0 aliphatic carbocycles. The van der Waals surface area contributed by atoms with E-state index in [1.54, 1.807) is 55.4 Å². The van der Waals surface area contributed by atoms with Gasteiger partial charge in [0, 0.05) is 28.4 Å². The molecule has 0 aliphatic heterocycles. The zero-order valence-electron chi connectivity index (χ0n) is 40.8. The van der Waals surface area contributed by atoms with Gasteiger partial charge in [0.25, 0.3) is 0 Å². The van der Waals surface area contributed by atoms with E-state index in [0.717, 1.165) is 0 Å². The Kier molecular flexibility index (Phi) is 20.8. The Morgan fingerprint density at radius 2 is 0.629 bits per heavy atom. The fraction of sp³-hybridized carbons (Fsp3) is 0.636. The maximum atomic E-state index is 6.40. The summed E-state index contributed by atoms with van der Waals surface area (Å²) in [5.74, 6) is 0. The minimum Gasteiger partial charge on any atom is -0.382 e. The summed E-state index contributed by atoms with van der Waals surface area (Å²) in [6, 6.07) is 9.81. The quantitative estimate of drug-likeness (QED) is 0.0412. The van der Waals surface area contributed by atoms with Crippen molar-refractivity contribution in [1.82, 2.24) is 0 Å². The van der Waals surface area contributed by atoms with Crippen LogP contribution in [-0.4, -0.2) is 127 Å². The predicted octanol–water partition coefficient (Wildman–Crippen LogP) is 7.41. The molecule has 18 heteroatoms. The molecule has 62 heavy (non-hydrogen) atoms. The summed E-state index contributed by atoms with van der Waals surface area (Å²) >= 11 is 8.22. The standard InChI is InChI=1S/C44H78O8S4Si6/c1-45-19-23-49-31-35-17-27-53-41(35)59(9,10)61(13,14)43-37(33-51-25-21-47-3)29-39(55-43)57(5,6)58(7,8)40-30-38(34-52-26-22-48-4)44(56-40)62(15,16)60(11,12)42-36(18-28-54-42)32-50-24-20-46-2/h17-18,27-30H,19-26,31-34H2,1-16H3. The highest BCUT2D eigenvalue weighted by atomic mass is 32.1. The molecule has 4 aromatic heterocycles. The fourth-order valence-corrected chi connectivity index (χ4v) is 57.1. The average molecular weight is 1030 g/mol. The summed E-state index contributed by atoms with van der Waals surface area (Å²) in [5.41, 5.74) is 5.55. The minimum atomic E-state index is -2.06. The van der Waals surface area contributed by atoms with Gasteiger partial charge in [-0.05, 0) is 84.3 Å². The van der Waals surface area contributed by atoms with E-state index in [-0.39, 0.29) is 0 Å². The van der Waals surface area contributed by atoms with E-state index >= 15 is 0 Å². The Labute approximate surface area is 396 Å². The third-order valence-corrected chi connectivity index (χ3v) is 82.3. The van der Waals surface area contributed by atoms with Gasteiger partial charge in [-0.15, -0.1) is 0 Å². The van der Waals surface area contributed by atoms with Crippen LogP contribution in [0.25, 0.3) is 0 Å². The van der Waals surface area contributed by atoms with Crippen LogP contribution in [0.1, 0.15) is 22.3 Å². The normalized spacial score (nSPS) is 13.5. The van der Waals surface area contributed by atoms with Gasteiger partial charge in [-0.3, -0.25) is 0 Å². The first-order chi connectivity index (χ1) is 29.2.